The van der Waals surface area contributed by atoms with Gasteiger partial charge in [-0.25, -0.2) is 5.84 Å². The molecule has 0 aromatic carbocycles. The molecule has 0 amide bonds. The van der Waals surface area contributed by atoms with Crippen LogP contribution in [-0.2, 0) is 11.3 Å². The number of hydrazine groups is 1. The Kier molecular flexibility index (Phi) is 7.67. The summed E-state index contributed by atoms with van der Waals surface area (Å²) in [5.74, 6) is 6.04. The van der Waals surface area contributed by atoms with Crippen LogP contribution in [0.25, 0.3) is 0 Å². The average Bonchev–Trinajstić information content (AvgIpc) is 2.75. The molecule has 1 aromatic rings. The fourth-order valence-corrected chi connectivity index (χ4v) is 1.89. The molecule has 0 spiro atoms. The second-order valence-electron chi connectivity index (χ2n) is 4.65. The number of aryl methyl sites for hydroxylation is 3. The van der Waals surface area contributed by atoms with Gasteiger partial charge in [-0.15, -0.1) is 0 Å². The first-order valence-electron chi connectivity index (χ1n) is 6.92. The summed E-state index contributed by atoms with van der Waals surface area (Å²) < 4.78 is 6.98. The van der Waals surface area contributed by atoms with Crippen LogP contribution in [0.3, 0.4) is 0 Å². The summed E-state index contributed by atoms with van der Waals surface area (Å²) in [5.41, 5.74) is 4.80. The predicted octanol–water partition coefficient (Wildman–Crippen LogP) is 0.335. The molecular weight excluding hydrogens is 256 g/mol. The minimum atomic E-state index is 0.620. The number of hydrogen-bond donors (Lipinski definition) is 3. The maximum Gasteiger partial charge on any atom is 0.205 e. The molecule has 0 saturated carbocycles. The number of nitrogens with two attached hydrogens (primary N) is 1. The third kappa shape index (κ3) is 6.03. The van der Waals surface area contributed by atoms with Crippen LogP contribution in [0.1, 0.15) is 24.2 Å². The lowest BCUT2D eigenvalue weighted by Crippen LogP contribution is -2.42. The van der Waals surface area contributed by atoms with E-state index in [2.05, 4.69) is 33.8 Å². The van der Waals surface area contributed by atoms with Gasteiger partial charge in [-0.1, -0.05) is 0 Å². The first-order valence-corrected chi connectivity index (χ1v) is 6.92. The maximum absolute atomic E-state index is 5.42. The molecule has 0 saturated heterocycles. The molecule has 4 N–H and O–H groups in total. The Bertz CT molecular complexity index is 415. The van der Waals surface area contributed by atoms with E-state index in [0.717, 1.165) is 38.2 Å². The molecule has 7 heteroatoms. The molecule has 0 atom stereocenters. The highest BCUT2D eigenvalue weighted by Gasteiger charge is 2.00. The smallest absolute Gasteiger partial charge is 0.205 e. The van der Waals surface area contributed by atoms with Crippen molar-refractivity contribution >= 4 is 5.96 Å². The van der Waals surface area contributed by atoms with E-state index in [1.165, 1.54) is 5.69 Å². The minimum Gasteiger partial charge on any atom is -0.385 e. The highest BCUT2D eigenvalue weighted by atomic mass is 16.5. The van der Waals surface area contributed by atoms with E-state index in [4.69, 9.17) is 10.6 Å². The summed E-state index contributed by atoms with van der Waals surface area (Å²) in [6, 6.07) is 2.08. The Balaban J connectivity index is 2.25. The first-order chi connectivity index (χ1) is 9.67. The van der Waals surface area contributed by atoms with Gasteiger partial charge >= 0.3 is 0 Å². The van der Waals surface area contributed by atoms with Crippen molar-refractivity contribution in [3.63, 3.8) is 0 Å². The van der Waals surface area contributed by atoms with E-state index < -0.39 is 0 Å². The molecule has 0 aliphatic heterocycles. The fraction of sp³-hybridized carbons (Fsp3) is 0.692. The van der Waals surface area contributed by atoms with Crippen molar-refractivity contribution in [3.05, 3.63) is 17.5 Å². The van der Waals surface area contributed by atoms with Crippen molar-refractivity contribution in [1.82, 2.24) is 20.5 Å². The number of nitrogens with one attached hydrogen (secondary N) is 2. The zero-order valence-electron chi connectivity index (χ0n) is 12.6. The maximum atomic E-state index is 5.42. The molecule has 0 aliphatic carbocycles. The summed E-state index contributed by atoms with van der Waals surface area (Å²) in [4.78, 5) is 4.38. The molecule has 0 radical (unpaired) electrons. The third-order valence-corrected chi connectivity index (χ3v) is 2.86. The van der Waals surface area contributed by atoms with E-state index in [1.807, 2.05) is 11.6 Å². The van der Waals surface area contributed by atoms with E-state index in [0.29, 0.717) is 12.5 Å². The number of methoxy groups -OCH3 is 1. The number of aliphatic imine (C=N–C) groups is 1. The molecule has 20 heavy (non-hydrogen) atoms. The largest absolute Gasteiger partial charge is 0.385 e. The topological polar surface area (TPSA) is 89.5 Å². The lowest BCUT2D eigenvalue weighted by molar-refractivity contribution is 0.195. The second-order valence-corrected chi connectivity index (χ2v) is 4.65. The van der Waals surface area contributed by atoms with Crippen LogP contribution in [0.2, 0.25) is 0 Å². The molecule has 0 fully saturated rings. The van der Waals surface area contributed by atoms with Gasteiger partial charge in [-0.3, -0.25) is 15.1 Å². The monoisotopic (exact) mass is 282 g/mol. The first kappa shape index (κ1) is 16.5. The van der Waals surface area contributed by atoms with Crippen molar-refractivity contribution in [2.75, 3.05) is 26.8 Å². The Morgan fingerprint density at radius 2 is 2.25 bits per heavy atom. The van der Waals surface area contributed by atoms with E-state index in [-0.39, 0.29) is 0 Å². The Morgan fingerprint density at radius 3 is 2.85 bits per heavy atom. The van der Waals surface area contributed by atoms with Crippen LogP contribution >= 0.6 is 0 Å². The van der Waals surface area contributed by atoms with Gasteiger partial charge in [0.15, 0.2) is 0 Å². The Hall–Kier alpha value is -1.60. The van der Waals surface area contributed by atoms with Crippen molar-refractivity contribution in [1.29, 1.82) is 0 Å². The Labute approximate surface area is 120 Å². The molecule has 1 heterocycles. The molecular formula is C13H26N6O. The normalized spacial score (nSPS) is 11.7. The number of guanidine groups is 1. The van der Waals surface area contributed by atoms with Crippen molar-refractivity contribution in [2.45, 2.75) is 33.2 Å². The number of aromatic nitrogens is 2. The summed E-state index contributed by atoms with van der Waals surface area (Å²) >= 11 is 0. The van der Waals surface area contributed by atoms with Gasteiger partial charge in [-0.2, -0.15) is 5.10 Å². The van der Waals surface area contributed by atoms with Crippen LogP contribution in [0.15, 0.2) is 11.1 Å². The highest BCUT2D eigenvalue weighted by molar-refractivity contribution is 5.79. The fourth-order valence-electron chi connectivity index (χ4n) is 1.89. The molecule has 7 nitrogen and oxygen atoms in total. The van der Waals surface area contributed by atoms with Gasteiger partial charge in [0, 0.05) is 39.0 Å². The van der Waals surface area contributed by atoms with Crippen LogP contribution in [0, 0.1) is 13.8 Å². The highest BCUT2D eigenvalue weighted by Crippen LogP contribution is 2.02. The SMILES string of the molecule is COCCCNC(=NCCCn1nc(C)cc1C)NN. The van der Waals surface area contributed by atoms with Crippen LogP contribution in [0.4, 0.5) is 0 Å². The van der Waals surface area contributed by atoms with Crippen molar-refractivity contribution < 1.29 is 4.74 Å². The van der Waals surface area contributed by atoms with Gasteiger partial charge < -0.3 is 10.1 Å². The summed E-state index contributed by atoms with van der Waals surface area (Å²) in [5, 5.41) is 7.55. The van der Waals surface area contributed by atoms with E-state index in [9.17, 15) is 0 Å². The predicted molar refractivity (Wildman–Crippen MR) is 80.4 cm³/mol. The average molecular weight is 282 g/mol. The number of rotatable bonds is 8. The summed E-state index contributed by atoms with van der Waals surface area (Å²) in [7, 11) is 1.69. The molecule has 0 aliphatic rings. The summed E-state index contributed by atoms with van der Waals surface area (Å²) in [6.45, 7) is 7.15. The zero-order valence-corrected chi connectivity index (χ0v) is 12.6. The standard InChI is InChI=1S/C13H26N6O/c1-11-10-12(2)19(18-11)8-4-6-15-13(17-14)16-7-5-9-20-3/h10H,4-9,14H2,1-3H3,(H2,15,16,17). The number of nitrogens with zero attached hydrogens (tertiary/aromatic N) is 3. The van der Waals surface area contributed by atoms with Gasteiger partial charge in [0.1, 0.15) is 0 Å². The third-order valence-electron chi connectivity index (χ3n) is 2.86. The van der Waals surface area contributed by atoms with Gasteiger partial charge in [0.25, 0.3) is 0 Å². The van der Waals surface area contributed by atoms with E-state index >= 15 is 0 Å². The van der Waals surface area contributed by atoms with E-state index in [1.54, 1.807) is 7.11 Å². The number of hydrogen-bond acceptors (Lipinski definition) is 4. The van der Waals surface area contributed by atoms with Crippen molar-refractivity contribution in [2.24, 2.45) is 10.8 Å². The van der Waals surface area contributed by atoms with Crippen LogP contribution in [-0.4, -0.2) is 42.5 Å². The van der Waals surface area contributed by atoms with Crippen molar-refractivity contribution in [3.8, 4) is 0 Å². The van der Waals surface area contributed by atoms with Crippen LogP contribution < -0.4 is 16.6 Å². The lowest BCUT2D eigenvalue weighted by atomic mass is 10.4. The van der Waals surface area contributed by atoms with Gasteiger partial charge in [0.2, 0.25) is 5.96 Å². The quantitative estimate of drug-likeness (QED) is 0.210. The van der Waals surface area contributed by atoms with Gasteiger partial charge in [-0.05, 0) is 32.8 Å². The molecule has 1 rings (SSSR count). The second kappa shape index (κ2) is 9.33. The molecule has 1 aromatic heterocycles. The summed E-state index contributed by atoms with van der Waals surface area (Å²) in [6.07, 6.45) is 1.84. The number of ether oxygens (including phenoxy) is 1. The minimum absolute atomic E-state index is 0.620. The molecule has 0 bridgehead atoms. The lowest BCUT2D eigenvalue weighted by Gasteiger charge is -2.09. The zero-order chi connectivity index (χ0) is 14.8. The van der Waals surface area contributed by atoms with Gasteiger partial charge in [0.05, 0.1) is 5.69 Å². The Morgan fingerprint density at radius 1 is 1.45 bits per heavy atom. The van der Waals surface area contributed by atoms with Crippen LogP contribution in [0.5, 0.6) is 0 Å². The molecule has 0 unspecified atom stereocenters. The molecule has 114 valence electrons.